The van der Waals surface area contributed by atoms with Gasteiger partial charge in [-0.1, -0.05) is 23.2 Å². The smallest absolute Gasteiger partial charge is 0.253 e. The number of likely N-dealkylation sites (N-methyl/N-ethyl adjacent to an activating group) is 1. The van der Waals surface area contributed by atoms with Gasteiger partial charge in [-0.3, -0.25) is 4.79 Å². The van der Waals surface area contributed by atoms with Crippen molar-refractivity contribution in [2.45, 2.75) is 12.6 Å². The fourth-order valence-corrected chi connectivity index (χ4v) is 2.17. The number of hydrogen-bond acceptors (Lipinski definition) is 3. The Balaban J connectivity index is 0.00000324. The normalized spacial score (nSPS) is 11.6. The summed E-state index contributed by atoms with van der Waals surface area (Å²) in [7, 11) is 3.14. The molecule has 0 aromatic heterocycles. The number of carbonyl (C=O) groups is 1. The molecule has 0 fully saturated rings. The molecule has 108 valence electrons. The van der Waals surface area contributed by atoms with Crippen molar-refractivity contribution in [1.82, 2.24) is 4.90 Å². The van der Waals surface area contributed by atoms with Crippen LogP contribution in [0.4, 0.5) is 0 Å². The van der Waals surface area contributed by atoms with Crippen molar-refractivity contribution in [3.63, 3.8) is 0 Å². The summed E-state index contributed by atoms with van der Waals surface area (Å²) < 4.78 is 5.00. The van der Waals surface area contributed by atoms with Crippen molar-refractivity contribution >= 4 is 41.5 Å². The average molecular weight is 328 g/mol. The zero-order valence-electron chi connectivity index (χ0n) is 10.7. The van der Waals surface area contributed by atoms with Gasteiger partial charge >= 0.3 is 0 Å². The first-order chi connectivity index (χ1) is 8.47. The Kier molecular flexibility index (Phi) is 8.38. The second kappa shape index (κ2) is 8.61. The molecule has 0 aliphatic carbocycles. The van der Waals surface area contributed by atoms with Gasteiger partial charge in [0.05, 0.1) is 0 Å². The van der Waals surface area contributed by atoms with Crippen molar-refractivity contribution in [1.29, 1.82) is 0 Å². The van der Waals surface area contributed by atoms with Gasteiger partial charge in [-0.15, -0.1) is 12.4 Å². The first kappa shape index (κ1) is 18.5. The van der Waals surface area contributed by atoms with Crippen molar-refractivity contribution in [3.8, 4) is 0 Å². The van der Waals surface area contributed by atoms with Gasteiger partial charge in [0.25, 0.3) is 5.91 Å². The molecule has 0 aliphatic heterocycles. The van der Waals surface area contributed by atoms with E-state index in [1.54, 1.807) is 25.2 Å². The number of nitrogens with two attached hydrogens (primary N) is 1. The van der Waals surface area contributed by atoms with Crippen LogP contribution in [0.1, 0.15) is 5.56 Å². The van der Waals surface area contributed by atoms with Gasteiger partial charge in [-0.25, -0.2) is 0 Å². The highest BCUT2D eigenvalue weighted by molar-refractivity contribution is 6.34. The van der Waals surface area contributed by atoms with E-state index in [-0.39, 0.29) is 24.9 Å². The summed E-state index contributed by atoms with van der Waals surface area (Å²) in [6, 6.07) is 5.18. The maximum absolute atomic E-state index is 11.9. The zero-order valence-corrected chi connectivity index (χ0v) is 13.1. The molecule has 19 heavy (non-hydrogen) atoms. The van der Waals surface area contributed by atoms with Crippen molar-refractivity contribution < 1.29 is 9.53 Å². The van der Waals surface area contributed by atoms with Crippen LogP contribution in [0.25, 0.3) is 0 Å². The lowest BCUT2D eigenvalue weighted by molar-refractivity contribution is -0.140. The first-order valence-electron chi connectivity index (χ1n) is 5.40. The Bertz CT molecular complexity index is 405. The second-order valence-electron chi connectivity index (χ2n) is 3.93. The lowest BCUT2D eigenvalue weighted by Gasteiger charge is -2.22. The molecule has 7 heteroatoms. The van der Waals surface area contributed by atoms with Crippen LogP contribution in [-0.4, -0.2) is 37.6 Å². The number of halogens is 3. The first-order valence-corrected chi connectivity index (χ1v) is 6.16. The van der Waals surface area contributed by atoms with Gasteiger partial charge in [-0.2, -0.15) is 0 Å². The van der Waals surface area contributed by atoms with Crippen LogP contribution in [0, 0.1) is 0 Å². The van der Waals surface area contributed by atoms with Crippen LogP contribution in [0.3, 0.4) is 0 Å². The molecule has 4 nitrogen and oxygen atoms in total. The van der Waals surface area contributed by atoms with Gasteiger partial charge in [0.1, 0.15) is 6.10 Å². The van der Waals surface area contributed by atoms with E-state index >= 15 is 0 Å². The Hall–Kier alpha value is -0.520. The van der Waals surface area contributed by atoms with Gasteiger partial charge < -0.3 is 15.4 Å². The summed E-state index contributed by atoms with van der Waals surface area (Å²) in [5.74, 6) is -0.170. The molecule has 1 rings (SSSR count). The van der Waals surface area contributed by atoms with E-state index in [0.29, 0.717) is 16.6 Å². The molecule has 2 N–H and O–H groups in total. The lowest BCUT2D eigenvalue weighted by atomic mass is 10.2. The maximum Gasteiger partial charge on any atom is 0.253 e. The molecule has 0 radical (unpaired) electrons. The number of carbonyl (C=O) groups excluding carboxylic acids is 1. The molecular formula is C12H17Cl3N2O2. The van der Waals surface area contributed by atoms with E-state index in [2.05, 4.69) is 0 Å². The van der Waals surface area contributed by atoms with Gasteiger partial charge in [0.2, 0.25) is 0 Å². The van der Waals surface area contributed by atoms with E-state index in [4.69, 9.17) is 33.7 Å². The number of amides is 1. The number of hydrogen-bond donors (Lipinski definition) is 1. The Morgan fingerprint density at radius 1 is 1.37 bits per heavy atom. The summed E-state index contributed by atoms with van der Waals surface area (Å²) in [6.07, 6.45) is -0.621. The fraction of sp³-hybridized carbons (Fsp3) is 0.417. The van der Waals surface area contributed by atoms with Crippen LogP contribution in [0.15, 0.2) is 18.2 Å². The van der Waals surface area contributed by atoms with Crippen molar-refractivity contribution in [2.75, 3.05) is 20.7 Å². The van der Waals surface area contributed by atoms with E-state index in [1.807, 2.05) is 0 Å². The highest BCUT2D eigenvalue weighted by Gasteiger charge is 2.20. The molecule has 1 aromatic rings. The van der Waals surface area contributed by atoms with Crippen LogP contribution >= 0.6 is 35.6 Å². The van der Waals surface area contributed by atoms with Crippen molar-refractivity contribution in [2.24, 2.45) is 5.73 Å². The standard InChI is InChI=1S/C12H16Cl2N2O2.ClH/c1-16(12(17)11(6-15)18-2)7-8-3-9(13)5-10(14)4-8;/h3-5,11H,6-7,15H2,1-2H3;1H. The monoisotopic (exact) mass is 326 g/mol. The molecule has 0 saturated heterocycles. The Morgan fingerprint density at radius 2 is 1.89 bits per heavy atom. The number of methoxy groups -OCH3 is 1. The molecule has 1 amide bonds. The largest absolute Gasteiger partial charge is 0.370 e. The van der Waals surface area contributed by atoms with E-state index in [0.717, 1.165) is 5.56 Å². The molecule has 1 atom stereocenters. The highest BCUT2D eigenvalue weighted by Crippen LogP contribution is 2.20. The quantitative estimate of drug-likeness (QED) is 0.903. The van der Waals surface area contributed by atoms with Crippen LogP contribution in [-0.2, 0) is 16.1 Å². The molecule has 0 heterocycles. The predicted molar refractivity (Wildman–Crippen MR) is 80.0 cm³/mol. The van der Waals surface area contributed by atoms with Crippen LogP contribution < -0.4 is 5.73 Å². The van der Waals surface area contributed by atoms with E-state index < -0.39 is 6.10 Å². The highest BCUT2D eigenvalue weighted by atomic mass is 35.5. The third kappa shape index (κ3) is 5.55. The summed E-state index contributed by atoms with van der Waals surface area (Å²) in [5, 5.41) is 1.08. The SMILES string of the molecule is COC(CN)C(=O)N(C)Cc1cc(Cl)cc(Cl)c1.Cl. The third-order valence-corrected chi connectivity index (χ3v) is 2.93. The predicted octanol–water partition coefficient (Wildman–Crippen LogP) is 2.35. The maximum atomic E-state index is 11.9. The summed E-state index contributed by atoms with van der Waals surface area (Å²) in [6.45, 7) is 0.551. The third-order valence-electron chi connectivity index (χ3n) is 2.49. The van der Waals surface area contributed by atoms with Gasteiger partial charge in [0.15, 0.2) is 0 Å². The zero-order chi connectivity index (χ0) is 13.7. The average Bonchev–Trinajstić information content (AvgIpc) is 2.28. The molecule has 0 aliphatic rings. The molecular weight excluding hydrogens is 311 g/mol. The topological polar surface area (TPSA) is 55.6 Å². The number of nitrogens with zero attached hydrogens (tertiary/aromatic N) is 1. The van der Waals surface area contributed by atoms with E-state index in [1.165, 1.54) is 12.0 Å². The molecule has 0 saturated carbocycles. The minimum Gasteiger partial charge on any atom is -0.370 e. The summed E-state index contributed by atoms with van der Waals surface area (Å²) in [4.78, 5) is 13.5. The Morgan fingerprint density at radius 3 is 2.32 bits per heavy atom. The Labute approximate surface area is 129 Å². The molecule has 1 unspecified atom stereocenters. The number of rotatable bonds is 5. The summed E-state index contributed by atoms with van der Waals surface area (Å²) >= 11 is 11.8. The van der Waals surface area contributed by atoms with Gasteiger partial charge in [-0.05, 0) is 23.8 Å². The number of ether oxygens (including phenoxy) is 1. The molecule has 0 bridgehead atoms. The van der Waals surface area contributed by atoms with E-state index in [9.17, 15) is 4.79 Å². The summed E-state index contributed by atoms with van der Waals surface area (Å²) in [5.41, 5.74) is 6.31. The minimum absolute atomic E-state index is 0. The lowest BCUT2D eigenvalue weighted by Crippen LogP contribution is -2.41. The van der Waals surface area contributed by atoms with Crippen LogP contribution in [0.5, 0.6) is 0 Å². The molecule has 0 spiro atoms. The minimum atomic E-state index is -0.621. The fourth-order valence-electron chi connectivity index (χ4n) is 1.60. The van der Waals surface area contributed by atoms with Crippen molar-refractivity contribution in [3.05, 3.63) is 33.8 Å². The van der Waals surface area contributed by atoms with Gasteiger partial charge in [0, 0.05) is 37.3 Å². The second-order valence-corrected chi connectivity index (χ2v) is 4.80. The molecule has 1 aromatic carbocycles. The number of benzene rings is 1. The van der Waals surface area contributed by atoms with Crippen LogP contribution in [0.2, 0.25) is 10.0 Å².